The number of ether oxygens (including phenoxy) is 4. The maximum absolute atomic E-state index is 12.4. The van der Waals surface area contributed by atoms with E-state index in [0.717, 1.165) is 24.3 Å². The first-order valence-electron chi connectivity index (χ1n) is 9.08. The number of likely N-dealkylation sites (tertiary alicyclic amines) is 1. The van der Waals surface area contributed by atoms with Gasteiger partial charge in [-0.1, -0.05) is 18.2 Å². The van der Waals surface area contributed by atoms with Gasteiger partial charge in [-0.2, -0.15) is 0 Å². The van der Waals surface area contributed by atoms with Gasteiger partial charge >= 0.3 is 6.09 Å². The Kier molecular flexibility index (Phi) is 3.32. The van der Waals surface area contributed by atoms with Crippen molar-refractivity contribution in [3.63, 3.8) is 0 Å². The number of rotatable bonds is 2. The molecule has 0 N–H and O–H groups in total. The maximum atomic E-state index is 12.4. The van der Waals surface area contributed by atoms with Crippen LogP contribution in [0.15, 0.2) is 24.3 Å². The molecule has 1 fully saturated rings. The molecule has 0 unspecified atom stereocenters. The number of amides is 1. The van der Waals surface area contributed by atoms with E-state index in [2.05, 4.69) is 18.2 Å². The minimum atomic E-state index is -0.250. The molecule has 1 amide bonds. The van der Waals surface area contributed by atoms with Crippen LogP contribution in [0, 0.1) is 5.92 Å². The summed E-state index contributed by atoms with van der Waals surface area (Å²) < 4.78 is 22.9. The van der Waals surface area contributed by atoms with Crippen molar-refractivity contribution < 1.29 is 23.7 Å². The third kappa shape index (κ3) is 1.73. The third-order valence-corrected chi connectivity index (χ3v) is 6.74. The number of benzene rings is 1. The van der Waals surface area contributed by atoms with Crippen molar-refractivity contribution >= 4 is 6.09 Å². The number of carbonyl (C=O) groups excluding carboxylic acids is 1. The fourth-order valence-corrected chi connectivity index (χ4v) is 5.73. The molecular formula is C20H23NO5. The highest BCUT2D eigenvalue weighted by Gasteiger charge is 2.65. The van der Waals surface area contributed by atoms with Gasteiger partial charge in [0.05, 0.1) is 14.2 Å². The van der Waals surface area contributed by atoms with Gasteiger partial charge in [-0.25, -0.2) is 4.79 Å². The highest BCUT2D eigenvalue weighted by molar-refractivity contribution is 5.70. The molecule has 4 aliphatic rings. The van der Waals surface area contributed by atoms with Crippen LogP contribution in [0.25, 0.3) is 0 Å². The lowest BCUT2D eigenvalue weighted by molar-refractivity contribution is -0.0592. The van der Waals surface area contributed by atoms with Crippen molar-refractivity contribution in [3.05, 3.63) is 35.4 Å². The minimum Gasteiger partial charge on any atom is -0.493 e. The van der Waals surface area contributed by atoms with E-state index in [1.165, 1.54) is 18.2 Å². The molecule has 2 aliphatic carbocycles. The number of carbonyl (C=O) groups is 1. The summed E-state index contributed by atoms with van der Waals surface area (Å²) in [7, 11) is 4.85. The molecule has 6 heteroatoms. The van der Waals surface area contributed by atoms with Gasteiger partial charge in [-0.3, -0.25) is 0 Å². The second-order valence-corrected chi connectivity index (χ2v) is 7.51. The van der Waals surface area contributed by atoms with E-state index < -0.39 is 0 Å². The van der Waals surface area contributed by atoms with Crippen LogP contribution in [0.4, 0.5) is 4.79 Å². The highest BCUT2D eigenvalue weighted by atomic mass is 16.6. The molecule has 26 heavy (non-hydrogen) atoms. The quantitative estimate of drug-likeness (QED) is 0.760. The molecule has 138 valence electrons. The maximum Gasteiger partial charge on any atom is 0.409 e. The Morgan fingerprint density at radius 2 is 2.12 bits per heavy atom. The smallest absolute Gasteiger partial charge is 0.409 e. The van der Waals surface area contributed by atoms with Crippen LogP contribution in [0.3, 0.4) is 0 Å². The lowest BCUT2D eigenvalue weighted by Crippen LogP contribution is -2.66. The Balaban J connectivity index is 1.73. The van der Waals surface area contributed by atoms with Crippen LogP contribution in [0.5, 0.6) is 11.5 Å². The second-order valence-electron chi connectivity index (χ2n) is 7.51. The summed E-state index contributed by atoms with van der Waals surface area (Å²) in [6.45, 7) is 0.661. The van der Waals surface area contributed by atoms with Crippen molar-refractivity contribution in [2.75, 3.05) is 27.9 Å². The average Bonchev–Trinajstić information content (AvgIpc) is 3.01. The SMILES string of the molecule is COC(=O)N1CC[C@]23c4c5ccc(OC)c4O[C@H]2[C@@H](OC)C=C[C@H]3[C@H]1C5. The van der Waals surface area contributed by atoms with E-state index in [9.17, 15) is 4.79 Å². The van der Waals surface area contributed by atoms with Crippen molar-refractivity contribution in [3.8, 4) is 11.5 Å². The summed E-state index contributed by atoms with van der Waals surface area (Å²) in [6, 6.07) is 4.16. The lowest BCUT2D eigenvalue weighted by Gasteiger charge is -2.56. The zero-order chi connectivity index (χ0) is 18.1. The van der Waals surface area contributed by atoms with Gasteiger partial charge in [0.1, 0.15) is 12.2 Å². The molecule has 0 aromatic heterocycles. The zero-order valence-electron chi connectivity index (χ0n) is 15.2. The molecule has 1 aromatic carbocycles. The fraction of sp³-hybridized carbons (Fsp3) is 0.550. The van der Waals surface area contributed by atoms with Crippen molar-refractivity contribution in [1.29, 1.82) is 0 Å². The molecule has 1 spiro atoms. The van der Waals surface area contributed by atoms with Crippen molar-refractivity contribution in [2.45, 2.75) is 36.5 Å². The Bertz CT molecular complexity index is 806. The summed E-state index contributed by atoms with van der Waals surface area (Å²) in [5.74, 6) is 1.82. The van der Waals surface area contributed by atoms with E-state index in [4.69, 9.17) is 18.9 Å². The zero-order valence-corrected chi connectivity index (χ0v) is 15.2. The predicted octanol–water partition coefficient (Wildman–Crippen LogP) is 2.29. The fourth-order valence-electron chi connectivity index (χ4n) is 5.73. The normalized spacial score (nSPS) is 35.6. The van der Waals surface area contributed by atoms with Gasteiger partial charge in [0.25, 0.3) is 0 Å². The van der Waals surface area contributed by atoms with E-state index in [-0.39, 0.29) is 35.7 Å². The number of nitrogens with zero attached hydrogens (tertiary/aromatic N) is 1. The molecule has 0 saturated carbocycles. The predicted molar refractivity (Wildman–Crippen MR) is 93.7 cm³/mol. The first-order valence-corrected chi connectivity index (χ1v) is 9.08. The Labute approximate surface area is 152 Å². The van der Waals surface area contributed by atoms with Gasteiger partial charge < -0.3 is 23.8 Å². The Hall–Kier alpha value is -2.21. The highest BCUT2D eigenvalue weighted by Crippen LogP contribution is 2.62. The summed E-state index contributed by atoms with van der Waals surface area (Å²) in [5.41, 5.74) is 2.32. The summed E-state index contributed by atoms with van der Waals surface area (Å²) >= 11 is 0. The summed E-state index contributed by atoms with van der Waals surface area (Å²) in [6.07, 6.45) is 5.47. The van der Waals surface area contributed by atoms with E-state index in [1.807, 2.05) is 11.0 Å². The lowest BCUT2D eigenvalue weighted by atomic mass is 9.53. The standard InChI is InChI=1S/C20H23NO5/c1-23-14-6-4-11-10-13-12-5-7-15(24-2)18-20(12,16(11)17(14)26-18)8-9-21(13)19(22)25-3/h4-7,12-13,15,18H,8-10H2,1-3H3/t12-,13+,15-,18-,20-/m0/s1. The van der Waals surface area contributed by atoms with Gasteiger partial charge in [0.2, 0.25) is 0 Å². The summed E-state index contributed by atoms with van der Waals surface area (Å²) in [4.78, 5) is 14.3. The molecule has 5 atom stereocenters. The first kappa shape index (κ1) is 16.0. The molecule has 2 aliphatic heterocycles. The van der Waals surface area contributed by atoms with E-state index in [1.54, 1.807) is 14.2 Å². The number of methoxy groups -OCH3 is 3. The largest absolute Gasteiger partial charge is 0.493 e. The number of hydrogen-bond donors (Lipinski definition) is 0. The van der Waals surface area contributed by atoms with Crippen LogP contribution in [-0.2, 0) is 21.3 Å². The number of hydrogen-bond acceptors (Lipinski definition) is 5. The topological polar surface area (TPSA) is 57.2 Å². The molecular weight excluding hydrogens is 334 g/mol. The van der Waals surface area contributed by atoms with Crippen LogP contribution < -0.4 is 9.47 Å². The molecule has 0 radical (unpaired) electrons. The number of piperidine rings is 1. The molecule has 2 bridgehead atoms. The summed E-state index contributed by atoms with van der Waals surface area (Å²) in [5, 5.41) is 0. The Morgan fingerprint density at radius 3 is 2.85 bits per heavy atom. The molecule has 1 aromatic rings. The van der Waals surface area contributed by atoms with Gasteiger partial charge in [0.15, 0.2) is 11.5 Å². The Morgan fingerprint density at radius 1 is 1.27 bits per heavy atom. The molecule has 6 nitrogen and oxygen atoms in total. The van der Waals surface area contributed by atoms with E-state index in [0.29, 0.717) is 6.54 Å². The van der Waals surface area contributed by atoms with Crippen LogP contribution >= 0.6 is 0 Å². The minimum absolute atomic E-state index is 0.0724. The van der Waals surface area contributed by atoms with Gasteiger partial charge in [-0.15, -0.1) is 0 Å². The van der Waals surface area contributed by atoms with Crippen molar-refractivity contribution in [1.82, 2.24) is 4.90 Å². The second kappa shape index (κ2) is 5.39. The van der Waals surface area contributed by atoms with Gasteiger partial charge in [-0.05, 0) is 24.5 Å². The molecule has 2 heterocycles. The van der Waals surface area contributed by atoms with Crippen LogP contribution in [0.1, 0.15) is 17.5 Å². The van der Waals surface area contributed by atoms with Crippen LogP contribution in [-0.4, -0.2) is 57.1 Å². The van der Waals surface area contributed by atoms with Gasteiger partial charge in [0, 0.05) is 36.6 Å². The average molecular weight is 357 g/mol. The van der Waals surface area contributed by atoms with Crippen LogP contribution in [0.2, 0.25) is 0 Å². The molecule has 5 rings (SSSR count). The molecule has 1 saturated heterocycles. The van der Waals surface area contributed by atoms with E-state index >= 15 is 0 Å². The monoisotopic (exact) mass is 357 g/mol. The first-order chi connectivity index (χ1) is 12.7. The third-order valence-electron chi connectivity index (χ3n) is 6.74. The van der Waals surface area contributed by atoms with Crippen molar-refractivity contribution in [2.24, 2.45) is 5.92 Å².